The number of amides is 1. The van der Waals surface area contributed by atoms with Crippen LogP contribution in [0.3, 0.4) is 0 Å². The summed E-state index contributed by atoms with van der Waals surface area (Å²) < 4.78 is 16.9. The van der Waals surface area contributed by atoms with E-state index < -0.39 is 10.8 Å². The molecule has 3 rings (SSSR count). The van der Waals surface area contributed by atoms with Crippen LogP contribution in [0.4, 0.5) is 17.1 Å². The highest BCUT2D eigenvalue weighted by Crippen LogP contribution is 2.32. The number of carbonyl (C=O) groups excluding carboxylic acids is 1. The number of nitrogens with one attached hydrogen (secondary N) is 1. The molecule has 1 amide bonds. The second kappa shape index (κ2) is 11.3. The maximum atomic E-state index is 13.2. The molecule has 0 atom stereocenters. The molecule has 0 aliphatic carbocycles. The average molecular weight is 444 g/mol. The molecule has 0 bridgehead atoms. The van der Waals surface area contributed by atoms with Crippen molar-refractivity contribution in [3.63, 3.8) is 0 Å². The van der Waals surface area contributed by atoms with Crippen LogP contribution < -0.4 is 19.7 Å². The summed E-state index contributed by atoms with van der Waals surface area (Å²) in [6.45, 7) is 7.40. The minimum absolute atomic E-state index is 0.137. The summed E-state index contributed by atoms with van der Waals surface area (Å²) in [6.07, 6.45) is 1.70. The van der Waals surface area contributed by atoms with Gasteiger partial charge in [-0.25, -0.2) is 0 Å². The van der Waals surface area contributed by atoms with Crippen molar-refractivity contribution in [2.75, 3.05) is 49.7 Å². The van der Waals surface area contributed by atoms with Crippen LogP contribution in [-0.2, 0) is 4.74 Å². The standard InChI is InChI=1S/C23H29N3O6/c1-3-11-31-21-8-5-17(15-22(21)32-12-4-2)24-23(27)19-16-18(26(28)29)6-7-20(19)25-9-13-30-14-10-25/h5-8,15-16H,3-4,9-14H2,1-2H3,(H,24,27). The number of benzene rings is 2. The van der Waals surface area contributed by atoms with Gasteiger partial charge in [0.15, 0.2) is 11.5 Å². The lowest BCUT2D eigenvalue weighted by molar-refractivity contribution is -0.384. The van der Waals surface area contributed by atoms with Gasteiger partial charge in [-0.3, -0.25) is 14.9 Å². The summed E-state index contributed by atoms with van der Waals surface area (Å²) >= 11 is 0. The third-order valence-corrected chi connectivity index (χ3v) is 4.91. The molecule has 0 unspecified atom stereocenters. The molecule has 172 valence electrons. The molecule has 1 aliphatic heterocycles. The summed E-state index contributed by atoms with van der Waals surface area (Å²) in [4.78, 5) is 26.0. The van der Waals surface area contributed by atoms with Crippen molar-refractivity contribution in [3.8, 4) is 11.5 Å². The van der Waals surface area contributed by atoms with E-state index in [1.54, 1.807) is 24.3 Å². The monoisotopic (exact) mass is 443 g/mol. The molecule has 0 spiro atoms. The van der Waals surface area contributed by atoms with Crippen LogP contribution in [0, 0.1) is 10.1 Å². The van der Waals surface area contributed by atoms with E-state index in [0.717, 1.165) is 12.8 Å². The van der Waals surface area contributed by atoms with Crippen LogP contribution in [0.25, 0.3) is 0 Å². The van der Waals surface area contributed by atoms with E-state index in [-0.39, 0.29) is 11.3 Å². The first-order valence-electron chi connectivity index (χ1n) is 10.9. The lowest BCUT2D eigenvalue weighted by Crippen LogP contribution is -2.37. The lowest BCUT2D eigenvalue weighted by Gasteiger charge is -2.30. The van der Waals surface area contributed by atoms with Crippen molar-refractivity contribution in [2.24, 2.45) is 0 Å². The zero-order valence-electron chi connectivity index (χ0n) is 18.5. The van der Waals surface area contributed by atoms with E-state index in [0.29, 0.717) is 62.4 Å². The van der Waals surface area contributed by atoms with Crippen molar-refractivity contribution >= 4 is 23.0 Å². The normalized spacial score (nSPS) is 13.5. The topological polar surface area (TPSA) is 103 Å². The minimum atomic E-state index is -0.504. The molecule has 2 aromatic carbocycles. The Labute approximate surface area is 187 Å². The Morgan fingerprint density at radius 3 is 2.41 bits per heavy atom. The predicted molar refractivity (Wildman–Crippen MR) is 122 cm³/mol. The van der Waals surface area contributed by atoms with Gasteiger partial charge in [0.2, 0.25) is 0 Å². The Kier molecular flexibility index (Phi) is 8.27. The van der Waals surface area contributed by atoms with Gasteiger partial charge in [0.05, 0.1) is 42.6 Å². The Morgan fingerprint density at radius 1 is 1.06 bits per heavy atom. The molecule has 1 heterocycles. The zero-order valence-corrected chi connectivity index (χ0v) is 18.5. The predicted octanol–water partition coefficient (Wildman–Crippen LogP) is 4.26. The van der Waals surface area contributed by atoms with E-state index in [2.05, 4.69) is 5.32 Å². The second-order valence-corrected chi connectivity index (χ2v) is 7.37. The first kappa shape index (κ1) is 23.3. The van der Waals surface area contributed by atoms with Gasteiger partial charge in [-0.1, -0.05) is 13.8 Å². The average Bonchev–Trinajstić information content (AvgIpc) is 2.82. The number of rotatable bonds is 10. The smallest absolute Gasteiger partial charge is 0.270 e. The van der Waals surface area contributed by atoms with E-state index in [9.17, 15) is 14.9 Å². The molecule has 0 saturated carbocycles. The number of anilines is 2. The molecule has 1 aliphatic rings. The Bertz CT molecular complexity index is 943. The number of non-ortho nitro benzene ring substituents is 1. The number of hydrogen-bond acceptors (Lipinski definition) is 7. The van der Waals surface area contributed by atoms with E-state index in [1.165, 1.54) is 12.1 Å². The highest BCUT2D eigenvalue weighted by Gasteiger charge is 2.22. The first-order chi connectivity index (χ1) is 15.5. The first-order valence-corrected chi connectivity index (χ1v) is 10.9. The third-order valence-electron chi connectivity index (χ3n) is 4.91. The molecule has 0 aromatic heterocycles. The quantitative estimate of drug-likeness (QED) is 0.432. The van der Waals surface area contributed by atoms with Crippen molar-refractivity contribution < 1.29 is 23.9 Å². The highest BCUT2D eigenvalue weighted by molar-refractivity contribution is 6.08. The summed E-state index contributed by atoms with van der Waals surface area (Å²) in [6, 6.07) is 9.55. The van der Waals surface area contributed by atoms with E-state index in [1.807, 2.05) is 18.7 Å². The van der Waals surface area contributed by atoms with Crippen LogP contribution in [0.5, 0.6) is 11.5 Å². The number of nitro benzene ring substituents is 1. The summed E-state index contributed by atoms with van der Waals surface area (Å²) in [5.41, 5.74) is 1.26. The molecule has 1 saturated heterocycles. The highest BCUT2D eigenvalue weighted by atomic mass is 16.6. The fourth-order valence-electron chi connectivity index (χ4n) is 3.34. The van der Waals surface area contributed by atoms with Gasteiger partial charge < -0.3 is 24.4 Å². The van der Waals surface area contributed by atoms with Crippen LogP contribution in [0.2, 0.25) is 0 Å². The third kappa shape index (κ3) is 5.88. The molecule has 0 radical (unpaired) electrons. The van der Waals surface area contributed by atoms with Crippen molar-refractivity contribution in [1.29, 1.82) is 0 Å². The number of hydrogen-bond donors (Lipinski definition) is 1. The fraction of sp³-hybridized carbons (Fsp3) is 0.435. The Balaban J connectivity index is 1.88. The molecule has 1 N–H and O–H groups in total. The van der Waals surface area contributed by atoms with Crippen LogP contribution >= 0.6 is 0 Å². The number of ether oxygens (including phenoxy) is 3. The van der Waals surface area contributed by atoms with Gasteiger partial charge in [-0.05, 0) is 31.0 Å². The van der Waals surface area contributed by atoms with Crippen molar-refractivity contribution in [3.05, 3.63) is 52.1 Å². The molecular formula is C23H29N3O6. The number of morpholine rings is 1. The fourth-order valence-corrected chi connectivity index (χ4v) is 3.34. The van der Waals surface area contributed by atoms with Crippen molar-refractivity contribution in [1.82, 2.24) is 0 Å². The van der Waals surface area contributed by atoms with Crippen LogP contribution in [0.15, 0.2) is 36.4 Å². The van der Waals surface area contributed by atoms with Gasteiger partial charge in [0.1, 0.15) is 0 Å². The van der Waals surface area contributed by atoms with E-state index >= 15 is 0 Å². The van der Waals surface area contributed by atoms with E-state index in [4.69, 9.17) is 14.2 Å². The molecule has 1 fully saturated rings. The lowest BCUT2D eigenvalue weighted by atomic mass is 10.1. The maximum Gasteiger partial charge on any atom is 0.270 e. The Hall–Kier alpha value is -3.33. The maximum absolute atomic E-state index is 13.2. The van der Waals surface area contributed by atoms with Gasteiger partial charge >= 0.3 is 0 Å². The molecular weight excluding hydrogens is 414 g/mol. The number of carbonyl (C=O) groups is 1. The summed E-state index contributed by atoms with van der Waals surface area (Å²) in [5.74, 6) is 0.729. The minimum Gasteiger partial charge on any atom is -0.490 e. The van der Waals surface area contributed by atoms with Gasteiger partial charge in [-0.2, -0.15) is 0 Å². The SMILES string of the molecule is CCCOc1ccc(NC(=O)c2cc([N+](=O)[O-])ccc2N2CCOCC2)cc1OCCC. The second-order valence-electron chi connectivity index (χ2n) is 7.37. The zero-order chi connectivity index (χ0) is 22.9. The molecule has 9 heteroatoms. The van der Waals surface area contributed by atoms with Crippen molar-refractivity contribution in [2.45, 2.75) is 26.7 Å². The molecule has 9 nitrogen and oxygen atoms in total. The number of nitrogens with zero attached hydrogens (tertiary/aromatic N) is 2. The molecule has 32 heavy (non-hydrogen) atoms. The van der Waals surface area contributed by atoms with Gasteiger partial charge in [0.25, 0.3) is 11.6 Å². The van der Waals surface area contributed by atoms with Crippen LogP contribution in [0.1, 0.15) is 37.0 Å². The van der Waals surface area contributed by atoms with Gasteiger partial charge in [0, 0.05) is 37.0 Å². The molecule has 2 aromatic rings. The van der Waals surface area contributed by atoms with Crippen LogP contribution in [-0.4, -0.2) is 50.3 Å². The number of nitro groups is 1. The van der Waals surface area contributed by atoms with Gasteiger partial charge in [-0.15, -0.1) is 0 Å². The summed E-state index contributed by atoms with van der Waals surface area (Å²) in [7, 11) is 0. The summed E-state index contributed by atoms with van der Waals surface area (Å²) in [5, 5.41) is 14.1. The Morgan fingerprint density at radius 2 is 1.75 bits per heavy atom. The largest absolute Gasteiger partial charge is 0.490 e.